The SMILES string of the molecule is COc1ccc(Br)cc1NC(=O)C1CCC(CN)CC1. The van der Waals surface area contributed by atoms with Crippen molar-refractivity contribution in [2.24, 2.45) is 17.6 Å². The Balaban J connectivity index is 1.99. The summed E-state index contributed by atoms with van der Waals surface area (Å²) >= 11 is 3.41. The Kier molecular flexibility index (Phi) is 5.43. The van der Waals surface area contributed by atoms with Crippen LogP contribution in [0.4, 0.5) is 5.69 Å². The number of nitrogens with two attached hydrogens (primary N) is 1. The number of methoxy groups -OCH3 is 1. The number of halogens is 1. The molecule has 20 heavy (non-hydrogen) atoms. The average molecular weight is 341 g/mol. The lowest BCUT2D eigenvalue weighted by Crippen LogP contribution is -2.29. The van der Waals surface area contributed by atoms with Crippen LogP contribution in [0.25, 0.3) is 0 Å². The van der Waals surface area contributed by atoms with Gasteiger partial charge in [0.1, 0.15) is 5.75 Å². The van der Waals surface area contributed by atoms with Crippen molar-refractivity contribution >= 4 is 27.5 Å². The molecule has 1 fully saturated rings. The molecule has 110 valence electrons. The van der Waals surface area contributed by atoms with Gasteiger partial charge >= 0.3 is 0 Å². The molecule has 4 nitrogen and oxygen atoms in total. The molecule has 0 aliphatic heterocycles. The van der Waals surface area contributed by atoms with Crippen molar-refractivity contribution in [3.8, 4) is 5.75 Å². The van der Waals surface area contributed by atoms with Crippen molar-refractivity contribution in [3.63, 3.8) is 0 Å². The number of anilines is 1. The highest BCUT2D eigenvalue weighted by Crippen LogP contribution is 2.32. The average Bonchev–Trinajstić information content (AvgIpc) is 2.47. The highest BCUT2D eigenvalue weighted by molar-refractivity contribution is 9.10. The zero-order chi connectivity index (χ0) is 14.5. The fourth-order valence-corrected chi connectivity index (χ4v) is 3.03. The van der Waals surface area contributed by atoms with Crippen LogP contribution in [-0.2, 0) is 4.79 Å². The van der Waals surface area contributed by atoms with Gasteiger partial charge in [-0.2, -0.15) is 0 Å². The number of carbonyl (C=O) groups is 1. The second-order valence-corrected chi connectivity index (χ2v) is 6.20. The second-order valence-electron chi connectivity index (χ2n) is 5.29. The maximum Gasteiger partial charge on any atom is 0.227 e. The molecular weight excluding hydrogens is 320 g/mol. The van der Waals surface area contributed by atoms with Crippen LogP contribution in [0.3, 0.4) is 0 Å². The van der Waals surface area contributed by atoms with Crippen molar-refractivity contribution in [2.45, 2.75) is 25.7 Å². The summed E-state index contributed by atoms with van der Waals surface area (Å²) in [7, 11) is 1.60. The van der Waals surface area contributed by atoms with Gasteiger partial charge in [0.2, 0.25) is 5.91 Å². The summed E-state index contributed by atoms with van der Waals surface area (Å²) in [5, 5.41) is 2.98. The molecule has 0 unspecified atom stereocenters. The first-order chi connectivity index (χ1) is 9.63. The number of nitrogens with one attached hydrogen (secondary N) is 1. The van der Waals surface area contributed by atoms with Crippen LogP contribution in [0.15, 0.2) is 22.7 Å². The molecule has 0 aromatic heterocycles. The molecule has 1 aromatic carbocycles. The van der Waals surface area contributed by atoms with Gasteiger partial charge in [-0.15, -0.1) is 0 Å². The summed E-state index contributed by atoms with van der Waals surface area (Å²) in [5.74, 6) is 1.43. The molecule has 2 rings (SSSR count). The third-order valence-corrected chi connectivity index (χ3v) is 4.46. The van der Waals surface area contributed by atoms with Gasteiger partial charge in [0.05, 0.1) is 12.8 Å². The predicted octanol–water partition coefficient (Wildman–Crippen LogP) is 3.16. The van der Waals surface area contributed by atoms with Crippen LogP contribution >= 0.6 is 15.9 Å². The van der Waals surface area contributed by atoms with Gasteiger partial charge in [-0.25, -0.2) is 0 Å². The van der Waals surface area contributed by atoms with Gasteiger partial charge in [-0.1, -0.05) is 15.9 Å². The second kappa shape index (κ2) is 7.09. The largest absolute Gasteiger partial charge is 0.495 e. The molecule has 3 N–H and O–H groups in total. The minimum atomic E-state index is 0.0804. The molecule has 1 saturated carbocycles. The lowest BCUT2D eigenvalue weighted by atomic mass is 9.81. The topological polar surface area (TPSA) is 64.3 Å². The van der Waals surface area contributed by atoms with E-state index in [9.17, 15) is 4.79 Å². The summed E-state index contributed by atoms with van der Waals surface area (Å²) in [5.41, 5.74) is 6.40. The zero-order valence-corrected chi connectivity index (χ0v) is 13.3. The quantitative estimate of drug-likeness (QED) is 0.884. The fraction of sp³-hybridized carbons (Fsp3) is 0.533. The van der Waals surface area contributed by atoms with Crippen molar-refractivity contribution in [2.75, 3.05) is 19.0 Å². The van der Waals surface area contributed by atoms with E-state index in [1.54, 1.807) is 7.11 Å². The van der Waals surface area contributed by atoms with Crippen LogP contribution in [0.5, 0.6) is 5.75 Å². The number of hydrogen-bond acceptors (Lipinski definition) is 3. The first kappa shape index (κ1) is 15.3. The molecule has 1 aliphatic carbocycles. The van der Waals surface area contributed by atoms with E-state index in [2.05, 4.69) is 21.2 Å². The summed E-state index contributed by atoms with van der Waals surface area (Å²) in [6.07, 6.45) is 3.93. The minimum Gasteiger partial charge on any atom is -0.495 e. The van der Waals surface area contributed by atoms with Gasteiger partial charge in [-0.3, -0.25) is 4.79 Å². The Morgan fingerprint density at radius 3 is 2.70 bits per heavy atom. The van der Waals surface area contributed by atoms with Crippen LogP contribution in [0, 0.1) is 11.8 Å². The minimum absolute atomic E-state index is 0.0804. The Labute approximate surface area is 128 Å². The zero-order valence-electron chi connectivity index (χ0n) is 11.7. The van der Waals surface area contributed by atoms with Crippen LogP contribution in [0.1, 0.15) is 25.7 Å². The van der Waals surface area contributed by atoms with E-state index >= 15 is 0 Å². The lowest BCUT2D eigenvalue weighted by molar-refractivity contribution is -0.121. The summed E-state index contributed by atoms with van der Waals surface area (Å²) in [6.45, 7) is 0.730. The van der Waals surface area contributed by atoms with Crippen molar-refractivity contribution in [3.05, 3.63) is 22.7 Å². The van der Waals surface area contributed by atoms with Crippen molar-refractivity contribution in [1.82, 2.24) is 0 Å². The molecule has 5 heteroatoms. The predicted molar refractivity (Wildman–Crippen MR) is 83.8 cm³/mol. The Morgan fingerprint density at radius 2 is 2.10 bits per heavy atom. The van der Waals surface area contributed by atoms with E-state index in [4.69, 9.17) is 10.5 Å². The molecule has 1 aromatic rings. The van der Waals surface area contributed by atoms with E-state index in [1.165, 1.54) is 0 Å². The van der Waals surface area contributed by atoms with Gasteiger partial charge in [0.15, 0.2) is 0 Å². The van der Waals surface area contributed by atoms with Crippen LogP contribution < -0.4 is 15.8 Å². The number of rotatable bonds is 4. The van der Waals surface area contributed by atoms with E-state index in [0.29, 0.717) is 17.4 Å². The van der Waals surface area contributed by atoms with Gasteiger partial charge < -0.3 is 15.8 Å². The molecule has 1 aliphatic rings. The maximum atomic E-state index is 12.3. The monoisotopic (exact) mass is 340 g/mol. The molecule has 0 heterocycles. The van der Waals surface area contributed by atoms with Crippen LogP contribution in [0.2, 0.25) is 0 Å². The number of ether oxygens (including phenoxy) is 1. The normalized spacial score (nSPS) is 22.4. The lowest BCUT2D eigenvalue weighted by Gasteiger charge is -2.27. The molecule has 1 amide bonds. The highest BCUT2D eigenvalue weighted by atomic mass is 79.9. The van der Waals surface area contributed by atoms with E-state index in [1.807, 2.05) is 18.2 Å². The van der Waals surface area contributed by atoms with Crippen molar-refractivity contribution < 1.29 is 9.53 Å². The highest BCUT2D eigenvalue weighted by Gasteiger charge is 2.26. The number of benzene rings is 1. The smallest absolute Gasteiger partial charge is 0.227 e. The third-order valence-electron chi connectivity index (χ3n) is 3.97. The van der Waals surface area contributed by atoms with E-state index < -0.39 is 0 Å². The number of amides is 1. The molecule has 0 atom stereocenters. The summed E-state index contributed by atoms with van der Waals surface area (Å²) in [6, 6.07) is 5.59. The molecule has 0 spiro atoms. The Bertz CT molecular complexity index is 471. The number of carbonyl (C=O) groups excluding carboxylic acids is 1. The van der Waals surface area contributed by atoms with E-state index in [0.717, 1.165) is 36.7 Å². The van der Waals surface area contributed by atoms with Gasteiger partial charge in [0.25, 0.3) is 0 Å². The molecule has 0 saturated heterocycles. The summed E-state index contributed by atoms with van der Waals surface area (Å²) in [4.78, 5) is 12.3. The molecular formula is C15H21BrN2O2. The van der Waals surface area contributed by atoms with Crippen molar-refractivity contribution in [1.29, 1.82) is 0 Å². The first-order valence-corrected chi connectivity index (χ1v) is 7.77. The fourth-order valence-electron chi connectivity index (χ4n) is 2.67. The van der Waals surface area contributed by atoms with Crippen LogP contribution in [-0.4, -0.2) is 19.6 Å². The molecule has 0 radical (unpaired) electrons. The standard InChI is InChI=1S/C15H21BrN2O2/c1-20-14-7-6-12(16)8-13(14)18-15(19)11-4-2-10(9-17)3-5-11/h6-8,10-11H,2-5,9,17H2,1H3,(H,18,19). The third kappa shape index (κ3) is 3.73. The number of hydrogen-bond donors (Lipinski definition) is 2. The van der Waals surface area contributed by atoms with Gasteiger partial charge in [0, 0.05) is 10.4 Å². The molecule has 0 bridgehead atoms. The summed E-state index contributed by atoms with van der Waals surface area (Å²) < 4.78 is 6.19. The first-order valence-electron chi connectivity index (χ1n) is 6.98. The Morgan fingerprint density at radius 1 is 1.40 bits per heavy atom. The van der Waals surface area contributed by atoms with Gasteiger partial charge in [-0.05, 0) is 56.3 Å². The van der Waals surface area contributed by atoms with E-state index in [-0.39, 0.29) is 11.8 Å². The Hall–Kier alpha value is -1.07. The maximum absolute atomic E-state index is 12.3.